The Bertz CT molecular complexity index is 565. The van der Waals surface area contributed by atoms with E-state index in [0.717, 1.165) is 29.7 Å². The molecule has 0 saturated heterocycles. The maximum Gasteiger partial charge on any atom is 0.138 e. The Morgan fingerprint density at radius 2 is 2.20 bits per heavy atom. The molecule has 0 bridgehead atoms. The van der Waals surface area contributed by atoms with Gasteiger partial charge in [0.1, 0.15) is 12.2 Å². The van der Waals surface area contributed by atoms with Gasteiger partial charge in [0.15, 0.2) is 0 Å². The zero-order valence-corrected chi connectivity index (χ0v) is 13.8. The Labute approximate surface area is 128 Å². The smallest absolute Gasteiger partial charge is 0.138 e. The average molecular weight is 337 g/mol. The van der Waals surface area contributed by atoms with Gasteiger partial charge in [-0.3, -0.25) is 4.68 Å². The van der Waals surface area contributed by atoms with Gasteiger partial charge in [-0.1, -0.05) is 35.0 Å². The molecule has 1 atom stereocenters. The third kappa shape index (κ3) is 3.27. The van der Waals surface area contributed by atoms with Gasteiger partial charge >= 0.3 is 0 Å². The van der Waals surface area contributed by atoms with E-state index < -0.39 is 0 Å². The minimum absolute atomic E-state index is 0.243. The van der Waals surface area contributed by atoms with Crippen LogP contribution in [0.2, 0.25) is 0 Å². The molecule has 0 fully saturated rings. The lowest BCUT2D eigenvalue weighted by Gasteiger charge is -2.19. The molecule has 2 aromatic rings. The van der Waals surface area contributed by atoms with Crippen LogP contribution in [0.15, 0.2) is 29.0 Å². The molecule has 20 heavy (non-hydrogen) atoms. The van der Waals surface area contributed by atoms with Crippen LogP contribution in [0, 0.1) is 6.92 Å². The molecule has 0 aliphatic carbocycles. The highest BCUT2D eigenvalue weighted by Gasteiger charge is 2.16. The Balaban J connectivity index is 2.24. The zero-order chi connectivity index (χ0) is 14.5. The summed E-state index contributed by atoms with van der Waals surface area (Å²) in [6.45, 7) is 5.21. The fourth-order valence-corrected chi connectivity index (χ4v) is 2.78. The van der Waals surface area contributed by atoms with Crippen molar-refractivity contribution in [3.63, 3.8) is 0 Å². The van der Waals surface area contributed by atoms with Crippen molar-refractivity contribution in [1.82, 2.24) is 20.1 Å². The number of likely N-dealkylation sites (N-methyl/N-ethyl adjacent to an activating group) is 1. The molecule has 4 nitrogen and oxygen atoms in total. The number of aromatic nitrogens is 3. The number of nitrogens with zero attached hydrogens (tertiary/aromatic N) is 3. The molecule has 108 valence electrons. The minimum Gasteiger partial charge on any atom is -0.313 e. The predicted octanol–water partition coefficient (Wildman–Crippen LogP) is 3.26. The van der Waals surface area contributed by atoms with Crippen molar-refractivity contribution in [3.05, 3.63) is 46.0 Å². The second-order valence-corrected chi connectivity index (χ2v) is 5.75. The highest BCUT2D eigenvalue weighted by atomic mass is 79.9. The van der Waals surface area contributed by atoms with Crippen molar-refractivity contribution in [2.45, 2.75) is 39.3 Å². The monoisotopic (exact) mass is 336 g/mol. The van der Waals surface area contributed by atoms with E-state index in [1.165, 1.54) is 11.1 Å². The quantitative estimate of drug-likeness (QED) is 0.880. The van der Waals surface area contributed by atoms with Crippen LogP contribution in [0.3, 0.4) is 0 Å². The van der Waals surface area contributed by atoms with Gasteiger partial charge < -0.3 is 5.32 Å². The molecule has 1 heterocycles. The number of nitrogens with one attached hydrogen (secondary N) is 1. The molecule has 1 N–H and O–H groups in total. The van der Waals surface area contributed by atoms with E-state index in [-0.39, 0.29) is 6.04 Å². The Hall–Kier alpha value is -1.20. The van der Waals surface area contributed by atoms with Gasteiger partial charge in [0, 0.05) is 23.5 Å². The topological polar surface area (TPSA) is 42.7 Å². The molecule has 1 unspecified atom stereocenters. The number of benzene rings is 1. The van der Waals surface area contributed by atoms with E-state index in [0.29, 0.717) is 0 Å². The lowest BCUT2D eigenvalue weighted by atomic mass is 9.98. The van der Waals surface area contributed by atoms with Gasteiger partial charge in [-0.25, -0.2) is 4.98 Å². The normalized spacial score (nSPS) is 12.6. The van der Waals surface area contributed by atoms with Crippen molar-refractivity contribution in [2.24, 2.45) is 0 Å². The van der Waals surface area contributed by atoms with Gasteiger partial charge in [-0.15, -0.1) is 0 Å². The summed E-state index contributed by atoms with van der Waals surface area (Å²) in [6.07, 6.45) is 3.55. The molecule has 0 spiro atoms. The van der Waals surface area contributed by atoms with Crippen LogP contribution in [0.4, 0.5) is 0 Å². The molecule has 2 rings (SSSR count). The van der Waals surface area contributed by atoms with E-state index in [4.69, 9.17) is 0 Å². The first-order valence-electron chi connectivity index (χ1n) is 6.96. The highest BCUT2D eigenvalue weighted by molar-refractivity contribution is 9.10. The first kappa shape index (κ1) is 15.2. The second kappa shape index (κ2) is 6.99. The third-order valence-corrected chi connectivity index (χ3v) is 4.41. The summed E-state index contributed by atoms with van der Waals surface area (Å²) < 4.78 is 3.14. The number of hydrogen-bond acceptors (Lipinski definition) is 3. The largest absolute Gasteiger partial charge is 0.313 e. The van der Waals surface area contributed by atoms with E-state index in [1.54, 1.807) is 6.33 Å². The SMILES string of the molecule is CCCn1ncnc1CC(NC)c1cccc(Br)c1C. The fourth-order valence-electron chi connectivity index (χ4n) is 2.40. The van der Waals surface area contributed by atoms with Crippen molar-refractivity contribution in [2.75, 3.05) is 7.05 Å². The third-order valence-electron chi connectivity index (χ3n) is 3.55. The molecule has 0 radical (unpaired) electrons. The first-order valence-corrected chi connectivity index (χ1v) is 7.75. The Morgan fingerprint density at radius 3 is 2.90 bits per heavy atom. The van der Waals surface area contributed by atoms with Gasteiger partial charge in [0.2, 0.25) is 0 Å². The van der Waals surface area contributed by atoms with Gasteiger partial charge in [-0.05, 0) is 37.6 Å². The predicted molar refractivity (Wildman–Crippen MR) is 84.7 cm³/mol. The van der Waals surface area contributed by atoms with Crippen LogP contribution in [-0.4, -0.2) is 21.8 Å². The van der Waals surface area contributed by atoms with E-state index in [1.807, 2.05) is 11.7 Å². The van der Waals surface area contributed by atoms with Crippen LogP contribution >= 0.6 is 15.9 Å². The van der Waals surface area contributed by atoms with Gasteiger partial charge in [0.25, 0.3) is 0 Å². The Morgan fingerprint density at radius 1 is 1.40 bits per heavy atom. The standard InChI is InChI=1S/C15H21BrN4/c1-4-8-20-15(18-10-19-20)9-14(17-3)12-6-5-7-13(16)11(12)2/h5-7,10,14,17H,4,8-9H2,1-3H3. The molecular weight excluding hydrogens is 316 g/mol. The summed E-state index contributed by atoms with van der Waals surface area (Å²) >= 11 is 3.60. The molecule has 0 aliphatic heterocycles. The van der Waals surface area contributed by atoms with Crippen LogP contribution in [0.1, 0.15) is 36.3 Å². The van der Waals surface area contributed by atoms with Crippen LogP contribution < -0.4 is 5.32 Å². The average Bonchev–Trinajstić information content (AvgIpc) is 2.87. The molecule has 0 amide bonds. The molecule has 1 aromatic heterocycles. The number of hydrogen-bond donors (Lipinski definition) is 1. The summed E-state index contributed by atoms with van der Waals surface area (Å²) in [5.74, 6) is 1.03. The maximum absolute atomic E-state index is 4.40. The molecule has 1 aromatic carbocycles. The first-order chi connectivity index (χ1) is 9.67. The fraction of sp³-hybridized carbons (Fsp3) is 0.467. The number of rotatable bonds is 6. The summed E-state index contributed by atoms with van der Waals surface area (Å²) in [5.41, 5.74) is 2.57. The number of aryl methyl sites for hydroxylation is 1. The van der Waals surface area contributed by atoms with Crippen molar-refractivity contribution < 1.29 is 0 Å². The Kier molecular flexibility index (Phi) is 5.31. The van der Waals surface area contributed by atoms with E-state index >= 15 is 0 Å². The van der Waals surface area contributed by atoms with Crippen molar-refractivity contribution in [1.29, 1.82) is 0 Å². The lowest BCUT2D eigenvalue weighted by Crippen LogP contribution is -2.22. The van der Waals surface area contributed by atoms with E-state index in [9.17, 15) is 0 Å². The molecule has 5 heteroatoms. The van der Waals surface area contributed by atoms with Crippen LogP contribution in [0.25, 0.3) is 0 Å². The van der Waals surface area contributed by atoms with Crippen LogP contribution in [-0.2, 0) is 13.0 Å². The second-order valence-electron chi connectivity index (χ2n) is 4.90. The van der Waals surface area contributed by atoms with Crippen LogP contribution in [0.5, 0.6) is 0 Å². The minimum atomic E-state index is 0.243. The van der Waals surface area contributed by atoms with Gasteiger partial charge in [-0.2, -0.15) is 5.10 Å². The van der Waals surface area contributed by atoms with E-state index in [2.05, 4.69) is 63.4 Å². The highest BCUT2D eigenvalue weighted by Crippen LogP contribution is 2.26. The molecule has 0 saturated carbocycles. The summed E-state index contributed by atoms with van der Waals surface area (Å²) in [5, 5.41) is 7.69. The number of halogens is 1. The lowest BCUT2D eigenvalue weighted by molar-refractivity contribution is 0.515. The molecule has 0 aliphatic rings. The maximum atomic E-state index is 4.40. The summed E-state index contributed by atoms with van der Waals surface area (Å²) in [6, 6.07) is 6.56. The zero-order valence-electron chi connectivity index (χ0n) is 12.2. The summed E-state index contributed by atoms with van der Waals surface area (Å²) in [7, 11) is 1.99. The summed E-state index contributed by atoms with van der Waals surface area (Å²) in [4.78, 5) is 4.40. The van der Waals surface area contributed by atoms with Crippen molar-refractivity contribution in [3.8, 4) is 0 Å². The van der Waals surface area contributed by atoms with Crippen molar-refractivity contribution >= 4 is 15.9 Å². The molecular formula is C15H21BrN4. The van der Waals surface area contributed by atoms with Gasteiger partial charge in [0.05, 0.1) is 0 Å².